The van der Waals surface area contributed by atoms with Crippen LogP contribution in [0.2, 0.25) is 5.02 Å². The van der Waals surface area contributed by atoms with E-state index in [1.165, 1.54) is 4.31 Å². The van der Waals surface area contributed by atoms with Crippen LogP contribution in [-0.4, -0.2) is 25.2 Å². The summed E-state index contributed by atoms with van der Waals surface area (Å²) in [5, 5.41) is 3.38. The number of hydrogen-bond donors (Lipinski definition) is 1. The maximum Gasteiger partial charge on any atom is 0.244 e. The van der Waals surface area contributed by atoms with Gasteiger partial charge >= 0.3 is 0 Å². The first-order valence-electron chi connectivity index (χ1n) is 10.8. The number of nitrogens with zero attached hydrogens (tertiary/aromatic N) is 1. The zero-order chi connectivity index (χ0) is 24.2. The molecule has 0 aliphatic rings. The molecule has 0 radical (unpaired) electrons. The van der Waals surface area contributed by atoms with Crippen LogP contribution in [0.1, 0.15) is 34.7 Å². The molecule has 0 saturated carbocycles. The number of benzene rings is 3. The number of nitrogens with one attached hydrogen (secondary N) is 1. The minimum atomic E-state index is -3.95. The molecule has 1 N–H and O–H groups in total. The van der Waals surface area contributed by atoms with E-state index >= 15 is 0 Å². The predicted molar refractivity (Wildman–Crippen MR) is 134 cm³/mol. The van der Waals surface area contributed by atoms with Crippen LogP contribution in [0.25, 0.3) is 0 Å². The molecule has 3 aromatic rings. The second-order valence-corrected chi connectivity index (χ2v) is 10.5. The highest BCUT2D eigenvalue weighted by Gasteiger charge is 2.30. The van der Waals surface area contributed by atoms with Gasteiger partial charge in [0.15, 0.2) is 0 Å². The summed E-state index contributed by atoms with van der Waals surface area (Å²) in [7, 11) is -3.95. The summed E-state index contributed by atoms with van der Waals surface area (Å²) in [6, 6.07) is 18.2. The summed E-state index contributed by atoms with van der Waals surface area (Å²) in [5.74, 6) is -0.404. The van der Waals surface area contributed by atoms with Crippen molar-refractivity contribution in [3.8, 4) is 0 Å². The first kappa shape index (κ1) is 25.0. The Balaban J connectivity index is 1.93. The summed E-state index contributed by atoms with van der Waals surface area (Å²) in [6.07, 6.45) is 0.899. The van der Waals surface area contributed by atoms with Crippen molar-refractivity contribution >= 4 is 33.2 Å². The van der Waals surface area contributed by atoms with E-state index in [0.29, 0.717) is 21.8 Å². The van der Waals surface area contributed by atoms with Gasteiger partial charge < -0.3 is 5.32 Å². The normalized spacial score (nSPS) is 11.6. The van der Waals surface area contributed by atoms with E-state index in [9.17, 15) is 13.2 Å². The molecule has 1 amide bonds. The molecular formula is C26H29ClN2O3S. The molecule has 3 aromatic carbocycles. The smallest absolute Gasteiger partial charge is 0.244 e. The molecule has 0 heterocycles. The largest absolute Gasteiger partial charge is 0.325 e. The minimum Gasteiger partial charge on any atom is -0.325 e. The lowest BCUT2D eigenvalue weighted by molar-refractivity contribution is -0.116. The maximum atomic E-state index is 13.7. The number of carbonyl (C=O) groups excluding carboxylic acids is 1. The Kier molecular flexibility index (Phi) is 7.95. The summed E-state index contributed by atoms with van der Waals surface area (Å²) < 4.78 is 28.7. The highest BCUT2D eigenvalue weighted by Crippen LogP contribution is 2.27. The molecule has 33 heavy (non-hydrogen) atoms. The van der Waals surface area contributed by atoms with Gasteiger partial charge in [0, 0.05) is 17.3 Å². The number of anilines is 1. The van der Waals surface area contributed by atoms with Crippen LogP contribution in [-0.2, 0) is 27.8 Å². The molecule has 174 valence electrons. The third-order valence-corrected chi connectivity index (χ3v) is 7.79. The zero-order valence-corrected chi connectivity index (χ0v) is 20.9. The molecule has 0 bridgehead atoms. The quantitative estimate of drug-likeness (QED) is 0.448. The second-order valence-electron chi connectivity index (χ2n) is 8.23. The van der Waals surface area contributed by atoms with Crippen LogP contribution in [0.15, 0.2) is 65.6 Å². The highest BCUT2D eigenvalue weighted by molar-refractivity contribution is 7.89. The maximum absolute atomic E-state index is 13.7. The van der Waals surface area contributed by atoms with Gasteiger partial charge in [0.25, 0.3) is 0 Å². The Labute approximate surface area is 201 Å². The molecular weight excluding hydrogens is 456 g/mol. The summed E-state index contributed by atoms with van der Waals surface area (Å²) in [6.45, 7) is 7.29. The standard InChI is InChI=1S/C26H29ClN2O3S/c1-5-21-8-12-24(13-9-21)28-25(30)17-29(16-22-6-10-23(27)11-7-22)33(31,32)26-19(3)14-18(2)15-20(26)4/h6-15H,5,16-17H2,1-4H3,(H,28,30). The highest BCUT2D eigenvalue weighted by atomic mass is 35.5. The van der Waals surface area contributed by atoms with E-state index in [1.807, 2.05) is 43.3 Å². The number of aryl methyl sites for hydroxylation is 4. The fraction of sp³-hybridized carbons (Fsp3) is 0.269. The van der Waals surface area contributed by atoms with Crippen LogP contribution >= 0.6 is 11.6 Å². The monoisotopic (exact) mass is 484 g/mol. The van der Waals surface area contributed by atoms with Crippen molar-refractivity contribution < 1.29 is 13.2 Å². The van der Waals surface area contributed by atoms with E-state index in [4.69, 9.17) is 11.6 Å². The molecule has 0 fully saturated rings. The minimum absolute atomic E-state index is 0.0501. The van der Waals surface area contributed by atoms with Crippen molar-refractivity contribution in [2.75, 3.05) is 11.9 Å². The number of hydrogen-bond acceptors (Lipinski definition) is 3. The van der Waals surface area contributed by atoms with E-state index in [-0.39, 0.29) is 18.0 Å². The Morgan fingerprint density at radius 2 is 1.45 bits per heavy atom. The number of amides is 1. The second kappa shape index (κ2) is 10.5. The SMILES string of the molecule is CCc1ccc(NC(=O)CN(Cc2ccc(Cl)cc2)S(=O)(=O)c2c(C)cc(C)cc2C)cc1. The van der Waals surface area contributed by atoms with Gasteiger partial charge in [-0.3, -0.25) is 4.79 Å². The Morgan fingerprint density at radius 3 is 2.00 bits per heavy atom. The number of carbonyl (C=O) groups is 1. The third-order valence-electron chi connectivity index (χ3n) is 5.44. The van der Waals surface area contributed by atoms with Crippen molar-refractivity contribution in [2.45, 2.75) is 45.6 Å². The zero-order valence-electron chi connectivity index (χ0n) is 19.4. The summed E-state index contributed by atoms with van der Waals surface area (Å²) in [5.41, 5.74) is 4.83. The summed E-state index contributed by atoms with van der Waals surface area (Å²) >= 11 is 5.99. The number of sulfonamides is 1. The van der Waals surface area contributed by atoms with Crippen LogP contribution < -0.4 is 5.32 Å². The lowest BCUT2D eigenvalue weighted by Gasteiger charge is -2.24. The van der Waals surface area contributed by atoms with Gasteiger partial charge in [-0.25, -0.2) is 8.42 Å². The topological polar surface area (TPSA) is 66.5 Å². The molecule has 0 atom stereocenters. The van der Waals surface area contributed by atoms with E-state index in [0.717, 1.165) is 23.1 Å². The van der Waals surface area contributed by atoms with E-state index in [2.05, 4.69) is 12.2 Å². The van der Waals surface area contributed by atoms with Crippen molar-refractivity contribution in [2.24, 2.45) is 0 Å². The van der Waals surface area contributed by atoms with Gasteiger partial charge in [0.1, 0.15) is 0 Å². The fourth-order valence-corrected chi connectivity index (χ4v) is 5.83. The van der Waals surface area contributed by atoms with Gasteiger partial charge in [0.05, 0.1) is 11.4 Å². The first-order valence-corrected chi connectivity index (χ1v) is 12.6. The fourth-order valence-electron chi connectivity index (χ4n) is 3.91. The molecule has 0 aliphatic heterocycles. The molecule has 0 aliphatic carbocycles. The van der Waals surface area contributed by atoms with E-state index < -0.39 is 15.9 Å². The Bertz CT molecular complexity index is 1210. The van der Waals surface area contributed by atoms with Gasteiger partial charge in [-0.15, -0.1) is 0 Å². The summed E-state index contributed by atoms with van der Waals surface area (Å²) in [4.78, 5) is 13.1. The lowest BCUT2D eigenvalue weighted by atomic mass is 10.1. The van der Waals surface area contributed by atoms with Gasteiger partial charge in [-0.2, -0.15) is 4.31 Å². The van der Waals surface area contributed by atoms with Crippen molar-refractivity contribution in [3.63, 3.8) is 0 Å². The molecule has 0 saturated heterocycles. The van der Waals surface area contributed by atoms with Gasteiger partial charge in [-0.1, -0.05) is 60.5 Å². The van der Waals surface area contributed by atoms with Crippen molar-refractivity contribution in [3.05, 3.63) is 93.5 Å². The molecule has 0 unspecified atom stereocenters. The predicted octanol–water partition coefficient (Wildman–Crippen LogP) is 5.66. The van der Waals surface area contributed by atoms with Crippen LogP contribution in [0.4, 0.5) is 5.69 Å². The first-order chi connectivity index (χ1) is 15.6. The average Bonchev–Trinajstić information content (AvgIpc) is 2.74. The average molecular weight is 485 g/mol. The molecule has 0 aromatic heterocycles. The molecule has 3 rings (SSSR count). The van der Waals surface area contributed by atoms with Crippen molar-refractivity contribution in [1.82, 2.24) is 4.31 Å². The lowest BCUT2D eigenvalue weighted by Crippen LogP contribution is -2.38. The third kappa shape index (κ3) is 6.22. The Morgan fingerprint density at radius 1 is 0.909 bits per heavy atom. The van der Waals surface area contributed by atoms with Crippen LogP contribution in [0.5, 0.6) is 0 Å². The van der Waals surface area contributed by atoms with Crippen molar-refractivity contribution in [1.29, 1.82) is 0 Å². The molecule has 0 spiro atoms. The van der Waals surface area contributed by atoms with Crippen LogP contribution in [0, 0.1) is 20.8 Å². The van der Waals surface area contributed by atoms with Gasteiger partial charge in [0.2, 0.25) is 15.9 Å². The number of rotatable bonds is 8. The number of halogens is 1. The van der Waals surface area contributed by atoms with Crippen LogP contribution in [0.3, 0.4) is 0 Å². The van der Waals surface area contributed by atoms with Gasteiger partial charge in [-0.05, 0) is 73.7 Å². The van der Waals surface area contributed by atoms with E-state index in [1.54, 1.807) is 38.1 Å². The molecule has 5 nitrogen and oxygen atoms in total. The Hall–Kier alpha value is -2.67. The molecule has 7 heteroatoms.